The summed E-state index contributed by atoms with van der Waals surface area (Å²) in [7, 11) is 0. The van der Waals surface area contributed by atoms with Gasteiger partial charge < -0.3 is 30.6 Å². The molecule has 0 spiro atoms. The molecule has 0 unspecified atom stereocenters. The van der Waals surface area contributed by atoms with E-state index in [1.807, 2.05) is 12.1 Å². The van der Waals surface area contributed by atoms with E-state index in [1.54, 1.807) is 109 Å². The fourth-order valence-electron chi connectivity index (χ4n) is 6.42. The van der Waals surface area contributed by atoms with E-state index in [4.69, 9.17) is 0 Å². The number of rotatable bonds is 8. The molecular formula is C34H36O6. The van der Waals surface area contributed by atoms with E-state index < -0.39 is 34.6 Å². The Hall–Kier alpha value is -3.36. The first-order valence-corrected chi connectivity index (χ1v) is 13.5. The van der Waals surface area contributed by atoms with Gasteiger partial charge >= 0.3 is 0 Å². The SMILES string of the molecule is O[C@@H]1[C@H](O)[C@@](O)(Cc2ccccc2)[C@@](O)(Cc2ccccc2)[C@](O)(Cc2ccccc2)[C@]1(O)Cc1ccccc1. The molecule has 1 aliphatic carbocycles. The van der Waals surface area contributed by atoms with Crippen molar-refractivity contribution in [2.24, 2.45) is 0 Å². The molecule has 1 saturated carbocycles. The second kappa shape index (κ2) is 10.9. The Labute approximate surface area is 234 Å². The smallest absolute Gasteiger partial charge is 0.132 e. The molecule has 0 radical (unpaired) electrons. The van der Waals surface area contributed by atoms with Crippen LogP contribution in [0.1, 0.15) is 22.3 Å². The lowest BCUT2D eigenvalue weighted by Gasteiger charge is -2.65. The highest BCUT2D eigenvalue weighted by molar-refractivity contribution is 5.38. The Balaban J connectivity index is 1.75. The van der Waals surface area contributed by atoms with Gasteiger partial charge in [-0.05, 0) is 22.3 Å². The molecule has 0 bridgehead atoms. The second-order valence-corrected chi connectivity index (χ2v) is 11.1. The lowest BCUT2D eigenvalue weighted by atomic mass is 9.49. The zero-order valence-corrected chi connectivity index (χ0v) is 22.2. The third kappa shape index (κ3) is 4.67. The van der Waals surface area contributed by atoms with Crippen molar-refractivity contribution < 1.29 is 30.6 Å². The van der Waals surface area contributed by atoms with Crippen molar-refractivity contribution in [3.05, 3.63) is 144 Å². The van der Waals surface area contributed by atoms with Crippen LogP contribution in [0.3, 0.4) is 0 Å². The van der Waals surface area contributed by atoms with E-state index in [2.05, 4.69) is 0 Å². The van der Waals surface area contributed by atoms with Crippen LogP contribution in [0.5, 0.6) is 0 Å². The summed E-state index contributed by atoms with van der Waals surface area (Å²) in [6, 6.07) is 35.3. The highest BCUT2D eigenvalue weighted by Crippen LogP contribution is 2.54. The molecule has 6 N–H and O–H groups in total. The number of benzene rings is 4. The lowest BCUT2D eigenvalue weighted by Crippen LogP contribution is -2.89. The van der Waals surface area contributed by atoms with Gasteiger partial charge in [-0.25, -0.2) is 0 Å². The van der Waals surface area contributed by atoms with Crippen molar-refractivity contribution in [3.63, 3.8) is 0 Å². The average molecular weight is 541 g/mol. The lowest BCUT2D eigenvalue weighted by molar-refractivity contribution is -0.380. The van der Waals surface area contributed by atoms with Crippen LogP contribution in [0.4, 0.5) is 0 Å². The molecule has 4 aromatic rings. The third-order valence-corrected chi connectivity index (χ3v) is 8.63. The van der Waals surface area contributed by atoms with Crippen LogP contribution in [0, 0.1) is 0 Å². The fraction of sp³-hybridized carbons (Fsp3) is 0.294. The van der Waals surface area contributed by atoms with Gasteiger partial charge in [0, 0.05) is 25.7 Å². The summed E-state index contributed by atoms with van der Waals surface area (Å²) in [5.74, 6) is 0. The van der Waals surface area contributed by atoms with Crippen molar-refractivity contribution in [2.75, 3.05) is 0 Å². The van der Waals surface area contributed by atoms with Crippen LogP contribution < -0.4 is 0 Å². The van der Waals surface area contributed by atoms with Gasteiger partial charge in [-0.1, -0.05) is 121 Å². The summed E-state index contributed by atoms with van der Waals surface area (Å²) in [6.07, 6.45) is -5.19. The first kappa shape index (κ1) is 28.2. The molecule has 4 aromatic carbocycles. The van der Waals surface area contributed by atoms with Crippen LogP contribution in [-0.4, -0.2) is 65.3 Å². The zero-order valence-electron chi connectivity index (χ0n) is 22.2. The molecule has 6 nitrogen and oxygen atoms in total. The van der Waals surface area contributed by atoms with Gasteiger partial charge in [-0.15, -0.1) is 0 Å². The van der Waals surface area contributed by atoms with Gasteiger partial charge in [0.15, 0.2) is 0 Å². The Bertz CT molecular complexity index is 1280. The van der Waals surface area contributed by atoms with E-state index >= 15 is 0 Å². The molecule has 208 valence electrons. The largest absolute Gasteiger partial charge is 0.387 e. The molecule has 0 heterocycles. The molecule has 0 aromatic heterocycles. The van der Waals surface area contributed by atoms with Gasteiger partial charge in [0.1, 0.15) is 34.6 Å². The minimum atomic E-state index is -2.53. The predicted octanol–water partition coefficient (Wildman–Crippen LogP) is 2.62. The van der Waals surface area contributed by atoms with Gasteiger partial charge in [-0.2, -0.15) is 0 Å². The topological polar surface area (TPSA) is 121 Å². The normalized spacial score (nSPS) is 32.0. The quantitative estimate of drug-likeness (QED) is 0.204. The Morgan fingerprint density at radius 1 is 0.375 bits per heavy atom. The Morgan fingerprint density at radius 2 is 0.600 bits per heavy atom. The van der Waals surface area contributed by atoms with Crippen molar-refractivity contribution in [3.8, 4) is 0 Å². The van der Waals surface area contributed by atoms with Crippen molar-refractivity contribution in [2.45, 2.75) is 60.3 Å². The van der Waals surface area contributed by atoms with Crippen LogP contribution in [-0.2, 0) is 25.7 Å². The highest BCUT2D eigenvalue weighted by Gasteiger charge is 2.78. The van der Waals surface area contributed by atoms with Crippen LogP contribution in [0.2, 0.25) is 0 Å². The molecule has 0 aliphatic heterocycles. The van der Waals surface area contributed by atoms with Crippen molar-refractivity contribution in [1.29, 1.82) is 0 Å². The summed E-state index contributed by atoms with van der Waals surface area (Å²) in [4.78, 5) is 0. The molecule has 1 fully saturated rings. The van der Waals surface area contributed by atoms with Crippen LogP contribution in [0.25, 0.3) is 0 Å². The summed E-state index contributed by atoms with van der Waals surface area (Å²) < 4.78 is 0. The molecule has 6 heteroatoms. The average Bonchev–Trinajstić information content (AvgIpc) is 2.97. The number of hydrogen-bond acceptors (Lipinski definition) is 6. The molecule has 40 heavy (non-hydrogen) atoms. The van der Waals surface area contributed by atoms with Crippen molar-refractivity contribution >= 4 is 0 Å². The van der Waals surface area contributed by atoms with E-state index in [0.29, 0.717) is 22.3 Å². The van der Waals surface area contributed by atoms with E-state index in [-0.39, 0.29) is 25.7 Å². The molecular weight excluding hydrogens is 504 g/mol. The minimum Gasteiger partial charge on any atom is -0.387 e. The maximum Gasteiger partial charge on any atom is 0.132 e. The Kier molecular flexibility index (Phi) is 7.68. The molecule has 1 aliphatic rings. The van der Waals surface area contributed by atoms with Crippen LogP contribution >= 0.6 is 0 Å². The maximum absolute atomic E-state index is 12.9. The van der Waals surface area contributed by atoms with E-state index in [9.17, 15) is 30.6 Å². The van der Waals surface area contributed by atoms with Gasteiger partial charge in [0.2, 0.25) is 0 Å². The monoisotopic (exact) mass is 540 g/mol. The summed E-state index contributed by atoms with van der Waals surface area (Å²) in [6.45, 7) is 0. The molecule has 6 atom stereocenters. The first-order valence-electron chi connectivity index (χ1n) is 13.5. The predicted molar refractivity (Wildman–Crippen MR) is 152 cm³/mol. The summed E-state index contributed by atoms with van der Waals surface area (Å²) in [5, 5.41) is 73.9. The van der Waals surface area contributed by atoms with Crippen LogP contribution in [0.15, 0.2) is 121 Å². The van der Waals surface area contributed by atoms with E-state index in [1.165, 1.54) is 0 Å². The van der Waals surface area contributed by atoms with Gasteiger partial charge in [0.25, 0.3) is 0 Å². The number of aliphatic hydroxyl groups is 6. The molecule has 0 saturated heterocycles. The third-order valence-electron chi connectivity index (χ3n) is 8.63. The van der Waals surface area contributed by atoms with Gasteiger partial charge in [-0.3, -0.25) is 0 Å². The molecule has 0 amide bonds. The van der Waals surface area contributed by atoms with E-state index in [0.717, 1.165) is 0 Å². The maximum atomic E-state index is 12.9. The minimum absolute atomic E-state index is 0.284. The second-order valence-electron chi connectivity index (χ2n) is 11.1. The number of hydrogen-bond donors (Lipinski definition) is 6. The van der Waals surface area contributed by atoms with Crippen molar-refractivity contribution in [1.82, 2.24) is 0 Å². The standard InChI is InChI=1S/C34H36O6/c35-29-30(36)32(38,22-26-15-7-2-8-16-26)34(40,24-28-19-11-4-12-20-28)33(39,23-27-17-9-3-10-18-27)31(29,37)21-25-13-5-1-6-14-25/h1-20,29-30,35-40H,21-24H2/t29-,30+,31-,32-,33-,34-/m0/s1. The summed E-state index contributed by atoms with van der Waals surface area (Å²) in [5.41, 5.74) is -7.67. The van der Waals surface area contributed by atoms with Gasteiger partial charge in [0.05, 0.1) is 0 Å². The number of aliphatic hydroxyl groups excluding tert-OH is 2. The highest BCUT2D eigenvalue weighted by atomic mass is 16.5. The fourth-order valence-corrected chi connectivity index (χ4v) is 6.42. The first-order chi connectivity index (χ1) is 19.1. The zero-order chi connectivity index (χ0) is 28.4. The summed E-state index contributed by atoms with van der Waals surface area (Å²) >= 11 is 0. The Morgan fingerprint density at radius 3 is 0.850 bits per heavy atom. The molecule has 5 rings (SSSR count).